The second kappa shape index (κ2) is 4.77. The van der Waals surface area contributed by atoms with Gasteiger partial charge in [-0.1, -0.05) is 12.1 Å². The molecule has 0 fully saturated rings. The van der Waals surface area contributed by atoms with Crippen LogP contribution in [0.5, 0.6) is 0 Å². The summed E-state index contributed by atoms with van der Waals surface area (Å²) in [7, 11) is 0. The monoisotopic (exact) mass is 310 g/mol. The number of nitrogens with two attached hydrogens (primary N) is 1. The number of nitrogen functional groups attached to an aromatic ring is 1. The zero-order chi connectivity index (χ0) is 13.3. The molecule has 0 aliphatic carbocycles. The van der Waals surface area contributed by atoms with E-state index in [1.54, 1.807) is 23.0 Å². The van der Waals surface area contributed by atoms with Crippen LogP contribution in [0.1, 0.15) is 18.5 Å². The van der Waals surface area contributed by atoms with Crippen molar-refractivity contribution in [1.29, 1.82) is 0 Å². The number of halogens is 1. The van der Waals surface area contributed by atoms with E-state index < -0.39 is 4.92 Å². The SMILES string of the molecule is CC(c1ccc([N+](=O)[O-])cc1)n1ncc(Br)c1N. The summed E-state index contributed by atoms with van der Waals surface area (Å²) in [6.07, 6.45) is 1.62. The van der Waals surface area contributed by atoms with Crippen molar-refractivity contribution in [3.05, 3.63) is 50.6 Å². The first-order valence-electron chi connectivity index (χ1n) is 5.23. The standard InChI is InChI=1S/C11H11BrN4O2/c1-7(15-11(13)10(12)6-14-15)8-2-4-9(5-3-8)16(17)18/h2-7H,13H2,1H3. The Bertz CT molecular complexity index is 579. The van der Waals surface area contributed by atoms with Crippen molar-refractivity contribution in [2.24, 2.45) is 0 Å². The lowest BCUT2D eigenvalue weighted by atomic mass is 10.1. The molecule has 1 unspecified atom stereocenters. The summed E-state index contributed by atoms with van der Waals surface area (Å²) in [6.45, 7) is 1.93. The van der Waals surface area contributed by atoms with Crippen LogP contribution in [-0.2, 0) is 0 Å². The third kappa shape index (κ3) is 2.21. The van der Waals surface area contributed by atoms with Crippen LogP contribution in [0.2, 0.25) is 0 Å². The maximum Gasteiger partial charge on any atom is 0.269 e. The average molecular weight is 311 g/mol. The van der Waals surface area contributed by atoms with Crippen LogP contribution in [0.4, 0.5) is 11.5 Å². The van der Waals surface area contributed by atoms with Crippen molar-refractivity contribution in [3.63, 3.8) is 0 Å². The molecule has 2 aromatic rings. The fourth-order valence-corrected chi connectivity index (χ4v) is 1.95. The molecular formula is C11H11BrN4O2. The van der Waals surface area contributed by atoms with Crippen molar-refractivity contribution in [1.82, 2.24) is 9.78 Å². The predicted octanol–water partition coefficient (Wildman–Crippen LogP) is 2.75. The van der Waals surface area contributed by atoms with Gasteiger partial charge >= 0.3 is 0 Å². The summed E-state index contributed by atoms with van der Waals surface area (Å²) < 4.78 is 2.39. The minimum atomic E-state index is -0.423. The van der Waals surface area contributed by atoms with Crippen molar-refractivity contribution in [2.75, 3.05) is 5.73 Å². The second-order valence-electron chi connectivity index (χ2n) is 3.85. The molecule has 2 N–H and O–H groups in total. The summed E-state index contributed by atoms with van der Waals surface area (Å²) in [6, 6.07) is 6.27. The molecule has 1 aromatic heterocycles. The van der Waals surface area contributed by atoms with Crippen LogP contribution < -0.4 is 5.73 Å². The normalized spacial score (nSPS) is 12.3. The molecule has 0 saturated heterocycles. The lowest BCUT2D eigenvalue weighted by molar-refractivity contribution is -0.384. The van der Waals surface area contributed by atoms with E-state index >= 15 is 0 Å². The van der Waals surface area contributed by atoms with Gasteiger partial charge in [-0.3, -0.25) is 10.1 Å². The molecule has 0 radical (unpaired) electrons. The molecular weight excluding hydrogens is 300 g/mol. The molecule has 7 heteroatoms. The lowest BCUT2D eigenvalue weighted by Gasteiger charge is -2.14. The van der Waals surface area contributed by atoms with Crippen molar-refractivity contribution in [2.45, 2.75) is 13.0 Å². The molecule has 0 spiro atoms. The number of rotatable bonds is 3. The number of benzene rings is 1. The fraction of sp³-hybridized carbons (Fsp3) is 0.182. The van der Waals surface area contributed by atoms with Crippen molar-refractivity contribution < 1.29 is 4.92 Å². The van der Waals surface area contributed by atoms with Crippen LogP contribution in [0.25, 0.3) is 0 Å². The maximum absolute atomic E-state index is 10.6. The summed E-state index contributed by atoms with van der Waals surface area (Å²) in [5.74, 6) is 0.529. The molecule has 0 bridgehead atoms. The fourth-order valence-electron chi connectivity index (χ4n) is 1.68. The van der Waals surface area contributed by atoms with E-state index in [4.69, 9.17) is 5.73 Å². The molecule has 0 aliphatic rings. The molecule has 1 aromatic carbocycles. The molecule has 0 saturated carbocycles. The van der Waals surface area contributed by atoms with Gasteiger partial charge in [0.25, 0.3) is 5.69 Å². The minimum Gasteiger partial charge on any atom is -0.383 e. The van der Waals surface area contributed by atoms with Crippen LogP contribution in [0.15, 0.2) is 34.9 Å². The third-order valence-corrected chi connectivity index (χ3v) is 3.35. The average Bonchev–Trinajstić information content (AvgIpc) is 2.69. The van der Waals surface area contributed by atoms with Gasteiger partial charge in [0.1, 0.15) is 5.82 Å². The van der Waals surface area contributed by atoms with E-state index in [1.165, 1.54) is 12.1 Å². The number of aromatic nitrogens is 2. The van der Waals surface area contributed by atoms with Gasteiger partial charge in [0.2, 0.25) is 0 Å². The first-order valence-corrected chi connectivity index (χ1v) is 6.03. The van der Waals surface area contributed by atoms with Gasteiger partial charge in [0.15, 0.2) is 0 Å². The molecule has 18 heavy (non-hydrogen) atoms. The van der Waals surface area contributed by atoms with Crippen LogP contribution in [0, 0.1) is 10.1 Å². The number of hydrogen-bond donors (Lipinski definition) is 1. The van der Waals surface area contributed by atoms with Gasteiger partial charge in [-0.2, -0.15) is 5.10 Å². The molecule has 0 aliphatic heterocycles. The maximum atomic E-state index is 10.6. The third-order valence-electron chi connectivity index (χ3n) is 2.74. The first-order chi connectivity index (χ1) is 8.50. The Morgan fingerprint density at radius 3 is 2.50 bits per heavy atom. The lowest BCUT2D eigenvalue weighted by Crippen LogP contribution is -2.11. The van der Waals surface area contributed by atoms with Crippen LogP contribution in [0.3, 0.4) is 0 Å². The van der Waals surface area contributed by atoms with E-state index in [1.807, 2.05) is 6.92 Å². The molecule has 2 rings (SSSR count). The van der Waals surface area contributed by atoms with E-state index in [-0.39, 0.29) is 11.7 Å². The van der Waals surface area contributed by atoms with Gasteiger partial charge in [0, 0.05) is 12.1 Å². The largest absolute Gasteiger partial charge is 0.383 e. The summed E-state index contributed by atoms with van der Waals surface area (Å²) in [5.41, 5.74) is 6.84. The number of non-ortho nitro benzene ring substituents is 1. The van der Waals surface area contributed by atoms with Crippen molar-refractivity contribution >= 4 is 27.4 Å². The molecule has 6 nitrogen and oxygen atoms in total. The second-order valence-corrected chi connectivity index (χ2v) is 4.70. The van der Waals surface area contributed by atoms with Crippen LogP contribution in [-0.4, -0.2) is 14.7 Å². The Hall–Kier alpha value is -1.89. The van der Waals surface area contributed by atoms with Crippen molar-refractivity contribution in [3.8, 4) is 0 Å². The van der Waals surface area contributed by atoms with Gasteiger partial charge in [-0.15, -0.1) is 0 Å². The smallest absolute Gasteiger partial charge is 0.269 e. The Morgan fingerprint density at radius 2 is 2.06 bits per heavy atom. The molecule has 94 valence electrons. The number of nitro benzene ring substituents is 1. The number of nitro groups is 1. The Kier molecular flexibility index (Phi) is 3.33. The Morgan fingerprint density at radius 1 is 1.44 bits per heavy atom. The molecule has 1 heterocycles. The number of nitrogens with zero attached hydrogens (tertiary/aromatic N) is 3. The highest BCUT2D eigenvalue weighted by Crippen LogP contribution is 2.26. The minimum absolute atomic E-state index is 0.0700. The van der Waals surface area contributed by atoms with E-state index in [0.717, 1.165) is 10.0 Å². The summed E-state index contributed by atoms with van der Waals surface area (Å²) >= 11 is 3.29. The Balaban J connectivity index is 2.31. The van der Waals surface area contributed by atoms with Crippen LogP contribution >= 0.6 is 15.9 Å². The quantitative estimate of drug-likeness (QED) is 0.697. The number of anilines is 1. The Labute approximate surface area is 112 Å². The highest BCUT2D eigenvalue weighted by atomic mass is 79.9. The van der Waals surface area contributed by atoms with Gasteiger partial charge in [-0.25, -0.2) is 4.68 Å². The van der Waals surface area contributed by atoms with E-state index in [2.05, 4.69) is 21.0 Å². The zero-order valence-corrected chi connectivity index (χ0v) is 11.2. The summed E-state index contributed by atoms with van der Waals surface area (Å²) in [5, 5.41) is 14.7. The van der Waals surface area contributed by atoms with Gasteiger partial charge in [0.05, 0.1) is 21.6 Å². The summed E-state index contributed by atoms with van der Waals surface area (Å²) in [4.78, 5) is 10.1. The highest BCUT2D eigenvalue weighted by molar-refractivity contribution is 9.10. The zero-order valence-electron chi connectivity index (χ0n) is 9.58. The van der Waals surface area contributed by atoms with E-state index in [9.17, 15) is 10.1 Å². The molecule has 1 atom stereocenters. The van der Waals surface area contributed by atoms with Gasteiger partial charge in [-0.05, 0) is 28.4 Å². The number of hydrogen-bond acceptors (Lipinski definition) is 4. The molecule has 0 amide bonds. The van der Waals surface area contributed by atoms with E-state index in [0.29, 0.717) is 5.82 Å². The first kappa shape index (κ1) is 12.6. The predicted molar refractivity (Wildman–Crippen MR) is 71.2 cm³/mol. The van der Waals surface area contributed by atoms with Gasteiger partial charge < -0.3 is 5.73 Å². The topological polar surface area (TPSA) is 87.0 Å². The highest BCUT2D eigenvalue weighted by Gasteiger charge is 2.14.